The predicted octanol–water partition coefficient (Wildman–Crippen LogP) is 3.00. The molecule has 0 heterocycles. The van der Waals surface area contributed by atoms with Gasteiger partial charge >= 0.3 is 12.0 Å². The molecule has 0 aromatic rings. The topological polar surface area (TPSA) is 78.4 Å². The van der Waals surface area contributed by atoms with Crippen LogP contribution < -0.4 is 10.6 Å². The van der Waals surface area contributed by atoms with Crippen LogP contribution in [0, 0.1) is 11.3 Å². The molecule has 0 aliphatic heterocycles. The van der Waals surface area contributed by atoms with Crippen molar-refractivity contribution in [3.63, 3.8) is 0 Å². The average molecular weight is 286 g/mol. The molecule has 20 heavy (non-hydrogen) atoms. The zero-order chi connectivity index (χ0) is 16.1. The Hall–Kier alpha value is -1.26. The number of carboxylic acids is 1. The number of carbonyl (C=O) groups is 2. The Balaban J connectivity index is 4.72. The van der Waals surface area contributed by atoms with Crippen molar-refractivity contribution >= 4 is 12.0 Å². The number of hydrogen-bond donors (Lipinski definition) is 3. The first-order chi connectivity index (χ1) is 8.99. The number of amides is 2. The van der Waals surface area contributed by atoms with Gasteiger partial charge in [0.1, 0.15) is 0 Å². The summed E-state index contributed by atoms with van der Waals surface area (Å²) in [6.45, 7) is 12.8. The second-order valence-electron chi connectivity index (χ2n) is 6.52. The van der Waals surface area contributed by atoms with Crippen LogP contribution in [0.5, 0.6) is 0 Å². The van der Waals surface area contributed by atoms with Crippen molar-refractivity contribution in [2.75, 3.05) is 0 Å². The molecule has 0 bridgehead atoms. The van der Waals surface area contributed by atoms with Crippen LogP contribution in [0.1, 0.15) is 61.3 Å². The Bertz CT molecular complexity index is 347. The molecule has 1 atom stereocenters. The van der Waals surface area contributed by atoms with Crippen molar-refractivity contribution in [1.29, 1.82) is 0 Å². The fourth-order valence-corrected chi connectivity index (χ4v) is 2.06. The van der Waals surface area contributed by atoms with Gasteiger partial charge in [-0.1, -0.05) is 26.7 Å². The minimum absolute atomic E-state index is 0.0636. The van der Waals surface area contributed by atoms with E-state index in [0.717, 1.165) is 12.8 Å². The van der Waals surface area contributed by atoms with E-state index in [1.165, 1.54) is 0 Å². The van der Waals surface area contributed by atoms with Gasteiger partial charge in [0, 0.05) is 6.04 Å². The molecule has 0 aromatic heterocycles. The molecule has 5 nitrogen and oxygen atoms in total. The normalized spacial score (nSPS) is 14.0. The van der Waals surface area contributed by atoms with Crippen LogP contribution in [0.25, 0.3) is 0 Å². The largest absolute Gasteiger partial charge is 0.481 e. The molecule has 0 radical (unpaired) electrons. The number of hydrogen-bond acceptors (Lipinski definition) is 2. The SMILES string of the molecule is CCC(CC)C(C)NC(=O)NC(C)(C)C(C)(C)C(=O)O. The molecule has 2 amide bonds. The maximum Gasteiger partial charge on any atom is 0.315 e. The number of urea groups is 1. The number of aliphatic carboxylic acids is 1. The zero-order valence-electron chi connectivity index (χ0n) is 13.8. The lowest BCUT2D eigenvalue weighted by Gasteiger charge is -2.39. The Labute approximate surface area is 122 Å². The van der Waals surface area contributed by atoms with Gasteiger partial charge in [-0.2, -0.15) is 0 Å². The molecule has 0 rings (SSSR count). The molecule has 0 saturated carbocycles. The highest BCUT2D eigenvalue weighted by Gasteiger charge is 2.44. The first-order valence-electron chi connectivity index (χ1n) is 7.31. The van der Waals surface area contributed by atoms with Crippen molar-refractivity contribution in [3.05, 3.63) is 0 Å². The Morgan fingerprint density at radius 2 is 1.55 bits per heavy atom. The first kappa shape index (κ1) is 18.7. The summed E-state index contributed by atoms with van der Waals surface area (Å²) in [5, 5.41) is 15.0. The van der Waals surface area contributed by atoms with E-state index < -0.39 is 16.9 Å². The quantitative estimate of drug-likeness (QED) is 0.673. The van der Waals surface area contributed by atoms with E-state index in [4.69, 9.17) is 0 Å². The molecule has 3 N–H and O–H groups in total. The lowest BCUT2D eigenvalue weighted by molar-refractivity contribution is -0.150. The molecular weight excluding hydrogens is 256 g/mol. The van der Waals surface area contributed by atoms with Gasteiger partial charge in [-0.15, -0.1) is 0 Å². The summed E-state index contributed by atoms with van der Waals surface area (Å²) >= 11 is 0. The molecule has 5 heteroatoms. The van der Waals surface area contributed by atoms with Gasteiger partial charge in [-0.25, -0.2) is 4.79 Å². The summed E-state index contributed by atoms with van der Waals surface area (Å²) < 4.78 is 0. The molecule has 0 aliphatic carbocycles. The summed E-state index contributed by atoms with van der Waals surface area (Å²) in [6, 6.07) is -0.252. The van der Waals surface area contributed by atoms with Gasteiger partial charge in [0.25, 0.3) is 0 Å². The maximum absolute atomic E-state index is 12.1. The molecule has 1 unspecified atom stereocenters. The molecule has 0 saturated heterocycles. The van der Waals surface area contributed by atoms with E-state index >= 15 is 0 Å². The predicted molar refractivity (Wildman–Crippen MR) is 80.7 cm³/mol. The number of carbonyl (C=O) groups excluding carboxylic acids is 1. The monoisotopic (exact) mass is 286 g/mol. The van der Waals surface area contributed by atoms with Crippen molar-refractivity contribution in [2.24, 2.45) is 11.3 Å². The summed E-state index contributed by atoms with van der Waals surface area (Å²) in [6.07, 6.45) is 2.00. The van der Waals surface area contributed by atoms with E-state index in [9.17, 15) is 14.7 Å². The smallest absolute Gasteiger partial charge is 0.315 e. The average Bonchev–Trinajstić information content (AvgIpc) is 2.28. The zero-order valence-corrected chi connectivity index (χ0v) is 13.8. The Morgan fingerprint density at radius 3 is 1.90 bits per heavy atom. The van der Waals surface area contributed by atoms with Crippen molar-refractivity contribution in [1.82, 2.24) is 10.6 Å². The molecular formula is C15H30N2O3. The van der Waals surface area contributed by atoms with E-state index in [2.05, 4.69) is 24.5 Å². The summed E-state index contributed by atoms with van der Waals surface area (Å²) in [5.41, 5.74) is -1.90. The van der Waals surface area contributed by atoms with Crippen molar-refractivity contribution in [2.45, 2.75) is 72.9 Å². The van der Waals surface area contributed by atoms with Gasteiger partial charge in [0.05, 0.1) is 11.0 Å². The minimum Gasteiger partial charge on any atom is -0.481 e. The highest BCUT2D eigenvalue weighted by atomic mass is 16.4. The lowest BCUT2D eigenvalue weighted by Crippen LogP contribution is -2.60. The van der Waals surface area contributed by atoms with E-state index in [1.54, 1.807) is 27.7 Å². The molecule has 0 aliphatic rings. The van der Waals surface area contributed by atoms with Gasteiger partial charge < -0.3 is 15.7 Å². The van der Waals surface area contributed by atoms with Crippen molar-refractivity contribution in [3.8, 4) is 0 Å². The number of rotatable bonds is 7. The van der Waals surface area contributed by atoms with E-state index in [-0.39, 0.29) is 12.1 Å². The van der Waals surface area contributed by atoms with Crippen LogP contribution in [0.3, 0.4) is 0 Å². The molecule has 0 spiro atoms. The number of nitrogens with one attached hydrogen (secondary N) is 2. The van der Waals surface area contributed by atoms with Crippen LogP contribution in [0.4, 0.5) is 4.79 Å². The Morgan fingerprint density at radius 1 is 1.10 bits per heavy atom. The minimum atomic E-state index is -1.05. The summed E-state index contributed by atoms with van der Waals surface area (Å²) in [7, 11) is 0. The van der Waals surface area contributed by atoms with Crippen LogP contribution in [0.15, 0.2) is 0 Å². The van der Waals surface area contributed by atoms with Crippen LogP contribution in [-0.2, 0) is 4.79 Å². The fraction of sp³-hybridized carbons (Fsp3) is 0.867. The summed E-state index contributed by atoms with van der Waals surface area (Å²) in [4.78, 5) is 23.4. The molecule has 0 aromatic carbocycles. The van der Waals surface area contributed by atoms with E-state index in [1.807, 2.05) is 6.92 Å². The first-order valence-corrected chi connectivity index (χ1v) is 7.31. The second-order valence-corrected chi connectivity index (χ2v) is 6.52. The highest BCUT2D eigenvalue weighted by Crippen LogP contribution is 2.30. The molecule has 0 fully saturated rings. The van der Waals surface area contributed by atoms with Crippen molar-refractivity contribution < 1.29 is 14.7 Å². The number of carboxylic acid groups (broad SMARTS) is 1. The third kappa shape index (κ3) is 4.39. The molecule has 118 valence electrons. The Kier molecular flexibility index (Phi) is 6.51. The van der Waals surface area contributed by atoms with Crippen LogP contribution in [-0.4, -0.2) is 28.7 Å². The van der Waals surface area contributed by atoms with Gasteiger partial charge in [0.15, 0.2) is 0 Å². The highest BCUT2D eigenvalue weighted by molar-refractivity contribution is 5.79. The lowest BCUT2D eigenvalue weighted by atomic mass is 9.74. The van der Waals surface area contributed by atoms with Crippen LogP contribution >= 0.6 is 0 Å². The third-order valence-electron chi connectivity index (χ3n) is 4.64. The van der Waals surface area contributed by atoms with Gasteiger partial charge in [-0.3, -0.25) is 4.79 Å². The fourth-order valence-electron chi connectivity index (χ4n) is 2.06. The van der Waals surface area contributed by atoms with Gasteiger partial charge in [-0.05, 0) is 40.5 Å². The van der Waals surface area contributed by atoms with Gasteiger partial charge in [0.2, 0.25) is 0 Å². The van der Waals surface area contributed by atoms with E-state index in [0.29, 0.717) is 5.92 Å². The third-order valence-corrected chi connectivity index (χ3v) is 4.64. The standard InChI is InChI=1S/C15H30N2O3/c1-8-11(9-2)10(3)16-13(20)17-15(6,7)14(4,5)12(18)19/h10-11H,8-9H2,1-7H3,(H,18,19)(H2,16,17,20). The maximum atomic E-state index is 12.1. The second kappa shape index (κ2) is 6.95. The van der Waals surface area contributed by atoms with Crippen LogP contribution in [0.2, 0.25) is 0 Å². The summed E-state index contributed by atoms with van der Waals surface area (Å²) in [5.74, 6) is -0.507.